The number of nitrogens with one attached hydrogen (secondary N) is 2. The molecule has 0 bridgehead atoms. The van der Waals surface area contributed by atoms with Crippen molar-refractivity contribution in [1.82, 2.24) is 29.5 Å². The quantitative estimate of drug-likeness (QED) is 0.0946. The van der Waals surface area contributed by atoms with Gasteiger partial charge in [-0.25, -0.2) is 0 Å². The molecule has 0 aliphatic rings. The molecule has 0 saturated carbocycles. The van der Waals surface area contributed by atoms with Crippen molar-refractivity contribution < 1.29 is 26.0 Å². The SMILES string of the molecule is CC.CC(C)(Sc1nnc(-c2ccco2)n1Cc1ccccc1)C(=O)Nc1ccccc1.COc1ccc(Cn2c(SCC(=O)Nc3ccccc3)nnc2-c2ccco2)cc1.[HH].[HH]. The first-order valence-corrected chi connectivity index (χ1v) is 21.7. The number of furan rings is 2. The van der Waals surface area contributed by atoms with E-state index in [0.29, 0.717) is 46.6 Å². The second kappa shape index (κ2) is 22.1. The van der Waals surface area contributed by atoms with Crippen molar-refractivity contribution in [3.05, 3.63) is 163 Å². The van der Waals surface area contributed by atoms with Gasteiger partial charge in [0.2, 0.25) is 23.5 Å². The highest BCUT2D eigenvalue weighted by Crippen LogP contribution is 2.35. The number of amides is 2. The van der Waals surface area contributed by atoms with E-state index in [1.165, 1.54) is 23.5 Å². The van der Waals surface area contributed by atoms with Crippen molar-refractivity contribution in [3.8, 4) is 28.9 Å². The number of benzene rings is 4. The molecule has 0 radical (unpaired) electrons. The van der Waals surface area contributed by atoms with Crippen molar-refractivity contribution in [1.29, 1.82) is 0 Å². The predicted octanol–water partition coefficient (Wildman–Crippen LogP) is 10.9. The van der Waals surface area contributed by atoms with Crippen LogP contribution in [-0.2, 0) is 22.7 Å². The molecule has 15 heteroatoms. The van der Waals surface area contributed by atoms with Gasteiger partial charge in [-0.1, -0.05) is 116 Å². The minimum Gasteiger partial charge on any atom is -0.497 e. The minimum absolute atomic E-state index is 0. The molecule has 2 amide bonds. The number of carbonyl (C=O) groups excluding carboxylic acids is 2. The summed E-state index contributed by atoms with van der Waals surface area (Å²) in [5.41, 5.74) is 3.69. The molecule has 0 fully saturated rings. The number of rotatable bonds is 15. The molecule has 0 atom stereocenters. The number of hydrogen-bond acceptors (Lipinski definition) is 11. The molecule has 4 aromatic carbocycles. The monoisotopic (exact) mass is 872 g/mol. The third-order valence-corrected chi connectivity index (χ3v) is 11.1. The summed E-state index contributed by atoms with van der Waals surface area (Å²) in [6.07, 6.45) is 3.21. The lowest BCUT2D eigenvalue weighted by molar-refractivity contribution is -0.117. The van der Waals surface area contributed by atoms with E-state index in [-0.39, 0.29) is 20.4 Å². The minimum atomic E-state index is -0.766. The normalized spacial score (nSPS) is 10.8. The lowest BCUT2D eigenvalue weighted by Crippen LogP contribution is -2.34. The van der Waals surface area contributed by atoms with E-state index in [4.69, 9.17) is 13.6 Å². The molecule has 2 N–H and O–H groups in total. The van der Waals surface area contributed by atoms with Crippen LogP contribution in [-0.4, -0.2) is 59.0 Å². The van der Waals surface area contributed by atoms with Crippen LogP contribution in [0.5, 0.6) is 5.75 Å². The van der Waals surface area contributed by atoms with Crippen LogP contribution in [0.1, 0.15) is 41.7 Å². The average molecular weight is 873 g/mol. The van der Waals surface area contributed by atoms with Gasteiger partial charge in [0, 0.05) is 14.2 Å². The fourth-order valence-electron chi connectivity index (χ4n) is 5.83. The smallest absolute Gasteiger partial charge is 0.240 e. The maximum Gasteiger partial charge on any atom is 0.240 e. The second-order valence-corrected chi connectivity index (χ2v) is 16.2. The van der Waals surface area contributed by atoms with Crippen LogP contribution in [0.4, 0.5) is 11.4 Å². The van der Waals surface area contributed by atoms with Crippen LogP contribution in [0.15, 0.2) is 171 Å². The Bertz CT molecular complexity index is 2580. The third kappa shape index (κ3) is 12.1. The average Bonchev–Trinajstić information content (AvgIpc) is 4.15. The number of carbonyl (C=O) groups is 2. The zero-order chi connectivity index (χ0) is 43.7. The lowest BCUT2D eigenvalue weighted by atomic mass is 10.2. The topological polar surface area (TPSA) is 155 Å². The van der Waals surface area contributed by atoms with E-state index in [1.807, 2.05) is 176 Å². The van der Waals surface area contributed by atoms with Gasteiger partial charge < -0.3 is 24.2 Å². The Balaban J connectivity index is 0.000000262. The summed E-state index contributed by atoms with van der Waals surface area (Å²) in [7, 11) is 1.64. The van der Waals surface area contributed by atoms with Crippen LogP contribution < -0.4 is 15.4 Å². The molecule has 8 aromatic rings. The molecule has 13 nitrogen and oxygen atoms in total. The summed E-state index contributed by atoms with van der Waals surface area (Å²) in [5.74, 6) is 3.30. The van der Waals surface area contributed by atoms with Crippen LogP contribution in [0, 0.1) is 0 Å². The van der Waals surface area contributed by atoms with Gasteiger partial charge >= 0.3 is 0 Å². The summed E-state index contributed by atoms with van der Waals surface area (Å²) < 4.78 is 19.5. The number of methoxy groups -OCH3 is 1. The van der Waals surface area contributed by atoms with Gasteiger partial charge in [0.05, 0.1) is 43.2 Å². The highest BCUT2D eigenvalue weighted by atomic mass is 32.2. The Morgan fingerprint density at radius 3 is 1.63 bits per heavy atom. The molecular weight excluding hydrogens is 821 g/mol. The van der Waals surface area contributed by atoms with Gasteiger partial charge in [0.15, 0.2) is 21.8 Å². The summed E-state index contributed by atoms with van der Waals surface area (Å²) in [6, 6.07) is 44.0. The van der Waals surface area contributed by atoms with Crippen molar-refractivity contribution >= 4 is 46.7 Å². The van der Waals surface area contributed by atoms with Gasteiger partial charge in [0.1, 0.15) is 5.75 Å². The van der Waals surface area contributed by atoms with Gasteiger partial charge in [-0.3, -0.25) is 18.7 Å². The van der Waals surface area contributed by atoms with Gasteiger partial charge in [0.25, 0.3) is 0 Å². The molecule has 62 heavy (non-hydrogen) atoms. The fourth-order valence-corrected chi connectivity index (χ4v) is 7.51. The predicted molar refractivity (Wildman–Crippen MR) is 249 cm³/mol. The first kappa shape index (κ1) is 44.7. The highest BCUT2D eigenvalue weighted by Gasteiger charge is 2.32. The number of aromatic nitrogens is 6. The maximum absolute atomic E-state index is 12.9. The molecule has 0 spiro atoms. The highest BCUT2D eigenvalue weighted by molar-refractivity contribution is 8.01. The van der Waals surface area contributed by atoms with E-state index >= 15 is 0 Å². The molecule has 322 valence electrons. The molecule has 0 unspecified atom stereocenters. The standard InChI is InChI=1S/C23H22N4O2S.C22H20N4O3S.C2H6.2H2/c1-23(2,21(28)24-18-12-7-4-8-13-18)30-22-26-25-20(19-14-9-15-29-19)27(22)16-17-10-5-3-6-11-17;1-28-18-11-9-16(10-12-18)14-26-21(19-8-5-13-29-19)24-25-22(26)30-15-20(27)23-17-6-3-2-4-7-17;1-2;;/h3-15H,16H2,1-2H3,(H,24,28);2-13H,14-15H2,1H3,(H,23,27);1-2H3;2*1H. The van der Waals surface area contributed by atoms with Crippen LogP contribution in [0.3, 0.4) is 0 Å². The summed E-state index contributed by atoms with van der Waals surface area (Å²) >= 11 is 2.70. The summed E-state index contributed by atoms with van der Waals surface area (Å²) in [5, 5.41) is 24.5. The summed E-state index contributed by atoms with van der Waals surface area (Å²) in [6.45, 7) is 8.87. The molecular formula is C47H52N8O5S2. The number of nitrogens with zero attached hydrogens (tertiary/aromatic N) is 6. The van der Waals surface area contributed by atoms with Crippen molar-refractivity contribution in [2.45, 2.75) is 55.8 Å². The number of thioether (sulfide) groups is 2. The van der Waals surface area contributed by atoms with E-state index in [0.717, 1.165) is 28.3 Å². The Kier molecular flexibility index (Phi) is 16.0. The van der Waals surface area contributed by atoms with Crippen LogP contribution in [0.25, 0.3) is 23.2 Å². The van der Waals surface area contributed by atoms with E-state index in [1.54, 1.807) is 19.6 Å². The van der Waals surface area contributed by atoms with Crippen molar-refractivity contribution in [2.24, 2.45) is 0 Å². The maximum atomic E-state index is 12.9. The van der Waals surface area contributed by atoms with Gasteiger partial charge in [-0.05, 0) is 85.6 Å². The second-order valence-electron chi connectivity index (χ2n) is 13.7. The Labute approximate surface area is 372 Å². The number of anilines is 2. The zero-order valence-electron chi connectivity index (χ0n) is 35.1. The van der Waals surface area contributed by atoms with Gasteiger partial charge in [-0.2, -0.15) is 0 Å². The molecule has 4 heterocycles. The third-order valence-electron chi connectivity index (χ3n) is 8.91. The number of ether oxygens (including phenoxy) is 1. The number of para-hydroxylation sites is 2. The van der Waals surface area contributed by atoms with Crippen LogP contribution in [0.2, 0.25) is 0 Å². The summed E-state index contributed by atoms with van der Waals surface area (Å²) in [4.78, 5) is 25.3. The Morgan fingerprint density at radius 1 is 0.629 bits per heavy atom. The number of hydrogen-bond donors (Lipinski definition) is 2. The Hall–Kier alpha value is -6.84. The fraction of sp³-hybridized carbons (Fsp3) is 0.191. The largest absolute Gasteiger partial charge is 0.497 e. The van der Waals surface area contributed by atoms with E-state index in [2.05, 4.69) is 31.0 Å². The first-order chi connectivity index (χ1) is 30.3. The Morgan fingerprint density at radius 2 is 1.11 bits per heavy atom. The van der Waals surface area contributed by atoms with Crippen molar-refractivity contribution in [2.75, 3.05) is 23.5 Å². The van der Waals surface area contributed by atoms with E-state index in [9.17, 15) is 9.59 Å². The molecule has 0 aliphatic heterocycles. The van der Waals surface area contributed by atoms with E-state index < -0.39 is 4.75 Å². The van der Waals surface area contributed by atoms with Gasteiger partial charge in [-0.15, -0.1) is 20.4 Å². The van der Waals surface area contributed by atoms with Crippen molar-refractivity contribution in [3.63, 3.8) is 0 Å². The lowest BCUT2D eigenvalue weighted by Gasteiger charge is -2.23. The first-order valence-electron chi connectivity index (χ1n) is 19.9. The molecule has 0 saturated heterocycles. The molecule has 8 rings (SSSR count). The molecule has 0 aliphatic carbocycles. The zero-order valence-corrected chi connectivity index (χ0v) is 36.7. The van der Waals surface area contributed by atoms with Crippen LogP contribution >= 0.6 is 23.5 Å². The molecule has 4 aromatic heterocycles.